The fraction of sp³-hybridized carbons (Fsp3) is 0.526. The molecule has 1 N–H and O–H groups in total. The fourth-order valence-corrected chi connectivity index (χ4v) is 5.63. The van der Waals surface area contributed by atoms with E-state index in [2.05, 4.69) is 29.4 Å². The summed E-state index contributed by atoms with van der Waals surface area (Å²) < 4.78 is 38.0. The van der Waals surface area contributed by atoms with Crippen LogP contribution in [0.4, 0.5) is 5.13 Å². The van der Waals surface area contributed by atoms with Crippen LogP contribution in [0, 0.1) is 5.92 Å². The van der Waals surface area contributed by atoms with Crippen LogP contribution in [0.1, 0.15) is 24.4 Å². The Bertz CT molecular complexity index is 985. The molecule has 0 saturated carbocycles. The monoisotopic (exact) mass is 454 g/mol. The van der Waals surface area contributed by atoms with Crippen LogP contribution < -0.4 is 10.1 Å². The summed E-state index contributed by atoms with van der Waals surface area (Å²) in [4.78, 5) is 12.5. The first-order valence-electron chi connectivity index (χ1n) is 9.66. The molecule has 1 aromatic heterocycles. The summed E-state index contributed by atoms with van der Waals surface area (Å²) in [5.41, 5.74) is 0.562. The van der Waals surface area contributed by atoms with Crippen LogP contribution in [0.5, 0.6) is 5.75 Å². The first-order chi connectivity index (χ1) is 14.3. The standard InChI is InChI=1S/C19H26N4O5S2/c1-13(2)10-18-21-22-19(29-18)20-17(24)12-14-4-5-15(27-3)16(11-14)30(25,26)23-6-8-28-9-7-23/h4-5,11,13H,6-10,12H2,1-3H3,(H,20,22,24). The van der Waals surface area contributed by atoms with E-state index in [9.17, 15) is 13.2 Å². The summed E-state index contributed by atoms with van der Waals surface area (Å²) in [6, 6.07) is 4.75. The van der Waals surface area contributed by atoms with Gasteiger partial charge in [0, 0.05) is 19.5 Å². The largest absolute Gasteiger partial charge is 0.495 e. The number of sulfonamides is 1. The molecular weight excluding hydrogens is 428 g/mol. The molecule has 2 heterocycles. The third kappa shape index (κ3) is 5.54. The first kappa shape index (κ1) is 22.6. The lowest BCUT2D eigenvalue weighted by Crippen LogP contribution is -2.40. The Morgan fingerprint density at radius 2 is 2.03 bits per heavy atom. The van der Waals surface area contributed by atoms with Crippen molar-refractivity contribution in [1.29, 1.82) is 0 Å². The predicted molar refractivity (Wildman–Crippen MR) is 113 cm³/mol. The number of aromatic nitrogens is 2. The number of hydrogen-bond acceptors (Lipinski definition) is 8. The Kier molecular flexibility index (Phi) is 7.40. The van der Waals surface area contributed by atoms with Gasteiger partial charge in [0.25, 0.3) is 0 Å². The Labute approximate surface area is 180 Å². The molecule has 1 aliphatic heterocycles. The maximum atomic E-state index is 13.1. The van der Waals surface area contributed by atoms with Gasteiger partial charge < -0.3 is 14.8 Å². The van der Waals surface area contributed by atoms with Gasteiger partial charge in [-0.05, 0) is 23.6 Å². The zero-order valence-corrected chi connectivity index (χ0v) is 18.9. The number of benzene rings is 1. The molecule has 2 aromatic rings. The van der Waals surface area contributed by atoms with Gasteiger partial charge in [-0.2, -0.15) is 4.31 Å². The van der Waals surface area contributed by atoms with Gasteiger partial charge in [0.1, 0.15) is 15.7 Å². The van der Waals surface area contributed by atoms with Gasteiger partial charge in [0.15, 0.2) is 0 Å². The smallest absolute Gasteiger partial charge is 0.246 e. The van der Waals surface area contributed by atoms with Gasteiger partial charge in [0.05, 0.1) is 26.7 Å². The third-order valence-corrected chi connectivity index (χ3v) is 7.26. The summed E-state index contributed by atoms with van der Waals surface area (Å²) in [6.07, 6.45) is 0.809. The molecule has 0 bridgehead atoms. The van der Waals surface area contributed by atoms with Crippen molar-refractivity contribution in [3.05, 3.63) is 28.8 Å². The number of hydrogen-bond donors (Lipinski definition) is 1. The molecule has 1 amide bonds. The van der Waals surface area contributed by atoms with E-state index < -0.39 is 10.0 Å². The molecule has 11 heteroatoms. The lowest BCUT2D eigenvalue weighted by molar-refractivity contribution is -0.115. The summed E-state index contributed by atoms with van der Waals surface area (Å²) in [5.74, 6) is 0.405. The Morgan fingerprint density at radius 3 is 2.70 bits per heavy atom. The molecule has 0 atom stereocenters. The highest BCUT2D eigenvalue weighted by Gasteiger charge is 2.29. The third-order valence-electron chi connectivity index (χ3n) is 4.48. The van der Waals surface area contributed by atoms with Crippen molar-refractivity contribution < 1.29 is 22.7 Å². The molecule has 0 unspecified atom stereocenters. The SMILES string of the molecule is COc1ccc(CC(=O)Nc2nnc(CC(C)C)s2)cc1S(=O)(=O)N1CCOCC1. The number of carbonyl (C=O) groups excluding carboxylic acids is 1. The van der Waals surface area contributed by atoms with E-state index in [-0.39, 0.29) is 36.1 Å². The van der Waals surface area contributed by atoms with Crippen molar-refractivity contribution >= 4 is 32.4 Å². The summed E-state index contributed by atoms with van der Waals surface area (Å²) >= 11 is 1.34. The highest BCUT2D eigenvalue weighted by Crippen LogP contribution is 2.29. The van der Waals surface area contributed by atoms with Crippen LogP contribution in [0.3, 0.4) is 0 Å². The zero-order valence-electron chi connectivity index (χ0n) is 17.3. The number of methoxy groups -OCH3 is 1. The molecule has 0 aliphatic carbocycles. The molecule has 1 aliphatic rings. The molecule has 9 nitrogen and oxygen atoms in total. The van der Waals surface area contributed by atoms with E-state index in [4.69, 9.17) is 9.47 Å². The average molecular weight is 455 g/mol. The van der Waals surface area contributed by atoms with Crippen molar-refractivity contribution in [3.8, 4) is 5.75 Å². The Balaban J connectivity index is 1.74. The van der Waals surface area contributed by atoms with Crippen LogP contribution >= 0.6 is 11.3 Å². The molecular formula is C19H26N4O5S2. The Morgan fingerprint density at radius 1 is 1.30 bits per heavy atom. The lowest BCUT2D eigenvalue weighted by Gasteiger charge is -2.26. The summed E-state index contributed by atoms with van der Waals surface area (Å²) in [5, 5.41) is 12.1. The zero-order chi connectivity index (χ0) is 21.7. The highest BCUT2D eigenvalue weighted by molar-refractivity contribution is 7.89. The second kappa shape index (κ2) is 9.82. The Hall–Kier alpha value is -2.08. The van der Waals surface area contributed by atoms with E-state index in [1.807, 2.05) is 0 Å². The molecule has 1 aromatic carbocycles. The normalized spacial score (nSPS) is 15.3. The van der Waals surface area contributed by atoms with Crippen LogP contribution in [-0.2, 0) is 32.4 Å². The van der Waals surface area contributed by atoms with E-state index >= 15 is 0 Å². The van der Waals surface area contributed by atoms with Gasteiger partial charge in [-0.1, -0.05) is 31.3 Å². The van der Waals surface area contributed by atoms with Crippen LogP contribution in [0.15, 0.2) is 23.1 Å². The van der Waals surface area contributed by atoms with Crippen molar-refractivity contribution in [1.82, 2.24) is 14.5 Å². The van der Waals surface area contributed by atoms with E-state index in [1.54, 1.807) is 12.1 Å². The first-order valence-corrected chi connectivity index (χ1v) is 11.9. The average Bonchev–Trinajstić information content (AvgIpc) is 3.14. The van der Waals surface area contributed by atoms with E-state index in [0.717, 1.165) is 11.4 Å². The number of ether oxygens (including phenoxy) is 2. The number of anilines is 1. The maximum Gasteiger partial charge on any atom is 0.246 e. The second-order valence-electron chi connectivity index (χ2n) is 7.33. The predicted octanol–water partition coefficient (Wildman–Crippen LogP) is 1.95. The van der Waals surface area contributed by atoms with Gasteiger partial charge in [-0.25, -0.2) is 8.42 Å². The van der Waals surface area contributed by atoms with Crippen LogP contribution in [-0.4, -0.2) is 62.2 Å². The summed E-state index contributed by atoms with van der Waals surface area (Å²) in [6.45, 7) is 5.45. The van der Waals surface area contributed by atoms with Gasteiger partial charge in [-0.15, -0.1) is 10.2 Å². The van der Waals surface area contributed by atoms with Crippen LogP contribution in [0.2, 0.25) is 0 Å². The number of amides is 1. The van der Waals surface area contributed by atoms with Gasteiger partial charge in [-0.3, -0.25) is 4.79 Å². The number of morpholine rings is 1. The number of nitrogens with zero attached hydrogens (tertiary/aromatic N) is 3. The van der Waals surface area contributed by atoms with Crippen molar-refractivity contribution in [2.75, 3.05) is 38.7 Å². The molecule has 0 radical (unpaired) electrons. The summed E-state index contributed by atoms with van der Waals surface area (Å²) in [7, 11) is -2.33. The number of carbonyl (C=O) groups is 1. The van der Waals surface area contributed by atoms with E-state index in [1.165, 1.54) is 28.8 Å². The van der Waals surface area contributed by atoms with Gasteiger partial charge >= 0.3 is 0 Å². The van der Waals surface area contributed by atoms with Crippen molar-refractivity contribution in [2.45, 2.75) is 31.6 Å². The maximum absolute atomic E-state index is 13.1. The molecule has 1 saturated heterocycles. The quantitative estimate of drug-likeness (QED) is 0.649. The lowest BCUT2D eigenvalue weighted by atomic mass is 10.1. The molecule has 30 heavy (non-hydrogen) atoms. The number of rotatable bonds is 8. The highest BCUT2D eigenvalue weighted by atomic mass is 32.2. The van der Waals surface area contributed by atoms with Crippen molar-refractivity contribution in [2.24, 2.45) is 5.92 Å². The number of nitrogens with one attached hydrogen (secondary N) is 1. The molecule has 3 rings (SSSR count). The fourth-order valence-electron chi connectivity index (χ4n) is 3.04. The van der Waals surface area contributed by atoms with Crippen molar-refractivity contribution in [3.63, 3.8) is 0 Å². The second-order valence-corrected chi connectivity index (χ2v) is 10.3. The minimum Gasteiger partial charge on any atom is -0.495 e. The molecule has 0 spiro atoms. The minimum absolute atomic E-state index is 0.00865. The molecule has 164 valence electrons. The minimum atomic E-state index is -3.75. The topological polar surface area (TPSA) is 111 Å². The van der Waals surface area contributed by atoms with Crippen LogP contribution in [0.25, 0.3) is 0 Å². The van der Waals surface area contributed by atoms with E-state index in [0.29, 0.717) is 29.8 Å². The molecule has 1 fully saturated rings. The van der Waals surface area contributed by atoms with Gasteiger partial charge in [0.2, 0.25) is 21.1 Å².